The van der Waals surface area contributed by atoms with Crippen molar-refractivity contribution in [3.63, 3.8) is 0 Å². The summed E-state index contributed by atoms with van der Waals surface area (Å²) in [6.45, 7) is -0.151. The topological polar surface area (TPSA) is 84.9 Å². The van der Waals surface area contributed by atoms with Gasteiger partial charge < -0.3 is 14.8 Å². The lowest BCUT2D eigenvalue weighted by Gasteiger charge is -2.34. The predicted octanol–water partition coefficient (Wildman–Crippen LogP) is 2.51. The summed E-state index contributed by atoms with van der Waals surface area (Å²) in [6.07, 6.45) is 0.0598. The smallest absolute Gasteiger partial charge is 0.267 e. The number of fused-ring (bicyclic) bond motifs is 1. The van der Waals surface area contributed by atoms with Gasteiger partial charge >= 0.3 is 0 Å². The zero-order valence-corrected chi connectivity index (χ0v) is 15.7. The molecular weight excluding hydrogens is 380 g/mol. The van der Waals surface area contributed by atoms with E-state index < -0.39 is 22.0 Å². The minimum atomic E-state index is -3.61. The second-order valence-electron chi connectivity index (χ2n) is 5.73. The summed E-state index contributed by atoms with van der Waals surface area (Å²) in [7, 11) is -2.09. The molecule has 0 aromatic heterocycles. The van der Waals surface area contributed by atoms with Gasteiger partial charge in [-0.25, -0.2) is 8.42 Å². The van der Waals surface area contributed by atoms with E-state index in [9.17, 15) is 13.2 Å². The van der Waals surface area contributed by atoms with Crippen LogP contribution >= 0.6 is 11.6 Å². The van der Waals surface area contributed by atoms with Crippen molar-refractivity contribution >= 4 is 38.9 Å². The number of sulfonamides is 1. The van der Waals surface area contributed by atoms with Crippen molar-refractivity contribution in [2.75, 3.05) is 29.5 Å². The number of ether oxygens (including phenoxy) is 2. The van der Waals surface area contributed by atoms with Crippen LogP contribution in [0.4, 0.5) is 11.4 Å². The van der Waals surface area contributed by atoms with Crippen molar-refractivity contribution in [3.05, 3.63) is 47.5 Å². The summed E-state index contributed by atoms with van der Waals surface area (Å²) in [5.41, 5.74) is 0.830. The molecule has 0 saturated carbocycles. The number of methoxy groups -OCH3 is 1. The van der Waals surface area contributed by atoms with E-state index in [0.717, 1.165) is 10.6 Å². The van der Waals surface area contributed by atoms with Crippen molar-refractivity contribution in [1.29, 1.82) is 0 Å². The van der Waals surface area contributed by atoms with Crippen LogP contribution in [0.2, 0.25) is 5.02 Å². The number of nitrogens with one attached hydrogen (secondary N) is 1. The zero-order valence-electron chi connectivity index (χ0n) is 14.1. The van der Waals surface area contributed by atoms with E-state index in [1.807, 2.05) is 0 Å². The van der Waals surface area contributed by atoms with Gasteiger partial charge in [-0.1, -0.05) is 17.7 Å². The van der Waals surface area contributed by atoms with Crippen molar-refractivity contribution in [2.45, 2.75) is 6.10 Å². The molecule has 2 aromatic carbocycles. The highest BCUT2D eigenvalue weighted by atomic mass is 35.5. The Balaban J connectivity index is 1.87. The number of carbonyl (C=O) groups is 1. The Morgan fingerprint density at radius 3 is 2.77 bits per heavy atom. The van der Waals surface area contributed by atoms with Crippen molar-refractivity contribution in [3.8, 4) is 11.5 Å². The molecule has 1 aliphatic rings. The quantitative estimate of drug-likeness (QED) is 0.858. The monoisotopic (exact) mass is 396 g/mol. The summed E-state index contributed by atoms with van der Waals surface area (Å²) in [4.78, 5) is 12.6. The third-order valence-corrected chi connectivity index (χ3v) is 5.20. The maximum absolute atomic E-state index is 12.6. The van der Waals surface area contributed by atoms with Crippen molar-refractivity contribution in [1.82, 2.24) is 0 Å². The van der Waals surface area contributed by atoms with Gasteiger partial charge in [0.25, 0.3) is 5.91 Å². The summed E-state index contributed by atoms with van der Waals surface area (Å²) in [6, 6.07) is 11.4. The highest BCUT2D eigenvalue weighted by molar-refractivity contribution is 7.92. The first-order valence-corrected chi connectivity index (χ1v) is 9.89. The van der Waals surface area contributed by atoms with Crippen LogP contribution in [0.3, 0.4) is 0 Å². The molecule has 1 unspecified atom stereocenters. The number of nitrogens with zero attached hydrogens (tertiary/aromatic N) is 1. The Morgan fingerprint density at radius 2 is 2.08 bits per heavy atom. The summed E-state index contributed by atoms with van der Waals surface area (Å²) in [5, 5.41) is 3.08. The summed E-state index contributed by atoms with van der Waals surface area (Å²) < 4.78 is 36.2. The first kappa shape index (κ1) is 18.3. The van der Waals surface area contributed by atoms with Crippen LogP contribution in [0.25, 0.3) is 0 Å². The van der Waals surface area contributed by atoms with E-state index in [0.29, 0.717) is 22.1 Å². The minimum absolute atomic E-state index is 0.151. The van der Waals surface area contributed by atoms with Crippen LogP contribution in [0.1, 0.15) is 0 Å². The molecule has 1 amide bonds. The molecule has 7 nitrogen and oxygen atoms in total. The van der Waals surface area contributed by atoms with Gasteiger partial charge in [-0.2, -0.15) is 0 Å². The van der Waals surface area contributed by atoms with Gasteiger partial charge in [-0.3, -0.25) is 9.10 Å². The lowest BCUT2D eigenvalue weighted by Crippen LogP contribution is -2.48. The fraction of sp³-hybridized carbons (Fsp3) is 0.235. The van der Waals surface area contributed by atoms with Gasteiger partial charge in [-0.15, -0.1) is 0 Å². The van der Waals surface area contributed by atoms with Crippen LogP contribution in [0.5, 0.6) is 11.5 Å². The number of hydrogen-bond acceptors (Lipinski definition) is 5. The molecule has 2 aromatic rings. The van der Waals surface area contributed by atoms with Gasteiger partial charge in [0.1, 0.15) is 11.5 Å². The third kappa shape index (κ3) is 3.86. The van der Waals surface area contributed by atoms with Gasteiger partial charge in [-0.05, 0) is 30.3 Å². The van der Waals surface area contributed by atoms with Gasteiger partial charge in [0.2, 0.25) is 10.0 Å². The number of hydrogen-bond donors (Lipinski definition) is 1. The minimum Gasteiger partial charge on any atom is -0.497 e. The molecule has 0 saturated heterocycles. The standard InChI is InChI=1S/C17H17ClN2O5S/c1-24-13-5-3-4-12(9-13)19-17(21)16-10-20(26(2,22)23)14-8-11(18)6-7-15(14)25-16/h3-9,16H,10H2,1-2H3,(H,19,21). The van der Waals surface area contributed by atoms with E-state index in [1.54, 1.807) is 36.4 Å². The molecule has 9 heteroatoms. The molecule has 0 radical (unpaired) electrons. The van der Waals surface area contributed by atoms with Crippen LogP contribution in [-0.2, 0) is 14.8 Å². The molecule has 0 spiro atoms. The van der Waals surface area contributed by atoms with E-state index in [1.165, 1.54) is 13.2 Å². The van der Waals surface area contributed by atoms with Gasteiger partial charge in [0.05, 0.1) is 25.6 Å². The Morgan fingerprint density at radius 1 is 1.31 bits per heavy atom. The molecule has 0 bridgehead atoms. The van der Waals surface area contributed by atoms with E-state index in [4.69, 9.17) is 21.1 Å². The van der Waals surface area contributed by atoms with Crippen molar-refractivity contribution < 1.29 is 22.7 Å². The van der Waals surface area contributed by atoms with E-state index in [-0.39, 0.29) is 12.3 Å². The first-order chi connectivity index (χ1) is 12.3. The Bertz CT molecular complexity index is 948. The molecule has 1 atom stereocenters. The molecule has 0 fully saturated rings. The fourth-order valence-electron chi connectivity index (χ4n) is 2.60. The van der Waals surface area contributed by atoms with E-state index in [2.05, 4.69) is 5.32 Å². The fourth-order valence-corrected chi connectivity index (χ4v) is 3.67. The highest BCUT2D eigenvalue weighted by Gasteiger charge is 2.35. The van der Waals surface area contributed by atoms with Crippen LogP contribution in [-0.4, -0.2) is 40.3 Å². The predicted molar refractivity (Wildman–Crippen MR) is 99.7 cm³/mol. The number of amides is 1. The lowest BCUT2D eigenvalue weighted by atomic mass is 10.2. The molecule has 1 heterocycles. The molecule has 1 aliphatic heterocycles. The van der Waals surface area contributed by atoms with Crippen LogP contribution in [0, 0.1) is 0 Å². The maximum atomic E-state index is 12.6. The van der Waals surface area contributed by atoms with Crippen LogP contribution < -0.4 is 19.1 Å². The molecule has 1 N–H and O–H groups in total. The molecular formula is C17H17ClN2O5S. The largest absolute Gasteiger partial charge is 0.497 e. The molecule has 0 aliphatic carbocycles. The van der Waals surface area contributed by atoms with E-state index >= 15 is 0 Å². The molecule has 138 valence electrons. The highest BCUT2D eigenvalue weighted by Crippen LogP contribution is 2.37. The molecule has 3 rings (SSSR count). The third-order valence-electron chi connectivity index (χ3n) is 3.82. The average Bonchev–Trinajstić information content (AvgIpc) is 2.60. The normalized spacial score (nSPS) is 16.4. The number of rotatable bonds is 4. The zero-order chi connectivity index (χ0) is 18.9. The van der Waals surface area contributed by atoms with Crippen molar-refractivity contribution in [2.24, 2.45) is 0 Å². The Labute approximate surface area is 156 Å². The number of benzene rings is 2. The van der Waals surface area contributed by atoms with Gasteiger partial charge in [0.15, 0.2) is 6.10 Å². The summed E-state index contributed by atoms with van der Waals surface area (Å²) in [5.74, 6) is 0.398. The second kappa shape index (κ2) is 7.05. The lowest BCUT2D eigenvalue weighted by molar-refractivity contribution is -0.122. The Kier molecular flexibility index (Phi) is 4.97. The first-order valence-electron chi connectivity index (χ1n) is 7.67. The number of anilines is 2. The Hall–Kier alpha value is -2.45. The maximum Gasteiger partial charge on any atom is 0.267 e. The second-order valence-corrected chi connectivity index (χ2v) is 8.08. The van der Waals surface area contributed by atoms with Gasteiger partial charge in [0, 0.05) is 16.8 Å². The molecule has 26 heavy (non-hydrogen) atoms. The number of carbonyl (C=O) groups excluding carboxylic acids is 1. The average molecular weight is 397 g/mol. The SMILES string of the molecule is COc1cccc(NC(=O)C2CN(S(C)(=O)=O)c3cc(Cl)ccc3O2)c1. The van der Waals surface area contributed by atoms with Crippen LogP contribution in [0.15, 0.2) is 42.5 Å². The number of halogens is 1. The summed E-state index contributed by atoms with van der Waals surface area (Å²) >= 11 is 5.96.